The molecule has 0 aromatic heterocycles. The molecule has 112 valence electrons. The zero-order valence-corrected chi connectivity index (χ0v) is 13.3. The van der Waals surface area contributed by atoms with Gasteiger partial charge in [-0.15, -0.1) is 0 Å². The SMILES string of the molecule is CCCS(=O)(=O)c1ccc(N2CC(N)(C(C)C)C2)cc1. The van der Waals surface area contributed by atoms with Gasteiger partial charge in [0.1, 0.15) is 0 Å². The lowest BCUT2D eigenvalue weighted by Gasteiger charge is -2.51. The number of hydrogen-bond donors (Lipinski definition) is 1. The average molecular weight is 296 g/mol. The predicted octanol–water partition coefficient (Wildman–Crippen LogP) is 2.04. The Labute approximate surface area is 121 Å². The third-order valence-corrected chi connectivity index (χ3v) is 6.09. The van der Waals surface area contributed by atoms with Crippen LogP contribution in [0.3, 0.4) is 0 Å². The lowest BCUT2D eigenvalue weighted by Crippen LogP contribution is -2.70. The van der Waals surface area contributed by atoms with Gasteiger partial charge in [-0.05, 0) is 36.6 Å². The highest BCUT2D eigenvalue weighted by Gasteiger charge is 2.41. The molecule has 2 N–H and O–H groups in total. The van der Waals surface area contributed by atoms with Crippen LogP contribution in [0.4, 0.5) is 5.69 Å². The third kappa shape index (κ3) is 2.83. The monoisotopic (exact) mass is 296 g/mol. The maximum Gasteiger partial charge on any atom is 0.178 e. The number of nitrogens with zero attached hydrogens (tertiary/aromatic N) is 1. The summed E-state index contributed by atoms with van der Waals surface area (Å²) in [6.07, 6.45) is 0.639. The van der Waals surface area contributed by atoms with Gasteiger partial charge in [0.25, 0.3) is 0 Å². The van der Waals surface area contributed by atoms with E-state index in [1.807, 2.05) is 19.1 Å². The second-order valence-corrected chi connectivity index (χ2v) is 8.17. The van der Waals surface area contributed by atoms with Crippen molar-refractivity contribution < 1.29 is 8.42 Å². The van der Waals surface area contributed by atoms with E-state index in [4.69, 9.17) is 5.73 Å². The van der Waals surface area contributed by atoms with Crippen LogP contribution >= 0.6 is 0 Å². The summed E-state index contributed by atoms with van der Waals surface area (Å²) in [5, 5.41) is 0. The second-order valence-electron chi connectivity index (χ2n) is 6.06. The second kappa shape index (κ2) is 5.37. The first-order valence-electron chi connectivity index (χ1n) is 7.15. The van der Waals surface area contributed by atoms with Gasteiger partial charge in [-0.3, -0.25) is 0 Å². The van der Waals surface area contributed by atoms with E-state index in [0.29, 0.717) is 17.2 Å². The molecule has 0 unspecified atom stereocenters. The fourth-order valence-corrected chi connectivity index (χ4v) is 3.79. The van der Waals surface area contributed by atoms with Crippen LogP contribution in [0.5, 0.6) is 0 Å². The van der Waals surface area contributed by atoms with Crippen LogP contribution in [-0.2, 0) is 9.84 Å². The van der Waals surface area contributed by atoms with Crippen molar-refractivity contribution in [2.75, 3.05) is 23.7 Å². The molecule has 1 aromatic rings. The van der Waals surface area contributed by atoms with Gasteiger partial charge in [-0.1, -0.05) is 20.8 Å². The van der Waals surface area contributed by atoms with Crippen LogP contribution in [0.2, 0.25) is 0 Å². The van der Waals surface area contributed by atoms with Gasteiger partial charge in [-0.25, -0.2) is 8.42 Å². The summed E-state index contributed by atoms with van der Waals surface area (Å²) in [5.74, 6) is 0.651. The van der Waals surface area contributed by atoms with Crippen molar-refractivity contribution in [1.29, 1.82) is 0 Å². The normalized spacial score (nSPS) is 18.1. The zero-order chi connectivity index (χ0) is 15.0. The van der Waals surface area contributed by atoms with Gasteiger partial charge in [0, 0.05) is 18.8 Å². The molecule has 1 aromatic carbocycles. The van der Waals surface area contributed by atoms with Crippen LogP contribution in [0.1, 0.15) is 27.2 Å². The fourth-order valence-electron chi connectivity index (χ4n) is 2.46. The highest BCUT2D eigenvalue weighted by Crippen LogP contribution is 2.31. The molecule has 2 rings (SSSR count). The van der Waals surface area contributed by atoms with Gasteiger partial charge in [-0.2, -0.15) is 0 Å². The van der Waals surface area contributed by atoms with E-state index in [9.17, 15) is 8.42 Å². The molecule has 0 spiro atoms. The first-order chi connectivity index (χ1) is 9.28. The topological polar surface area (TPSA) is 63.4 Å². The number of anilines is 1. The average Bonchev–Trinajstić information content (AvgIpc) is 2.35. The van der Waals surface area contributed by atoms with Gasteiger partial charge in [0.05, 0.1) is 16.2 Å². The van der Waals surface area contributed by atoms with Crippen molar-refractivity contribution in [2.45, 2.75) is 37.6 Å². The zero-order valence-electron chi connectivity index (χ0n) is 12.5. The molecular weight excluding hydrogens is 272 g/mol. The first kappa shape index (κ1) is 15.3. The summed E-state index contributed by atoms with van der Waals surface area (Å²) in [6.45, 7) is 7.80. The smallest absolute Gasteiger partial charge is 0.178 e. The Hall–Kier alpha value is -1.07. The van der Waals surface area contributed by atoms with Crippen molar-refractivity contribution >= 4 is 15.5 Å². The summed E-state index contributed by atoms with van der Waals surface area (Å²) in [7, 11) is -3.12. The Balaban J connectivity index is 2.08. The maximum absolute atomic E-state index is 12.0. The minimum absolute atomic E-state index is 0.118. The maximum atomic E-state index is 12.0. The van der Waals surface area contributed by atoms with Crippen molar-refractivity contribution in [3.8, 4) is 0 Å². The van der Waals surface area contributed by atoms with Gasteiger partial charge >= 0.3 is 0 Å². The minimum Gasteiger partial charge on any atom is -0.368 e. The van der Waals surface area contributed by atoms with Crippen molar-refractivity contribution in [3.05, 3.63) is 24.3 Å². The number of benzene rings is 1. The third-order valence-electron chi connectivity index (χ3n) is 4.15. The number of hydrogen-bond acceptors (Lipinski definition) is 4. The minimum atomic E-state index is -3.12. The molecule has 20 heavy (non-hydrogen) atoms. The van der Waals surface area contributed by atoms with E-state index in [-0.39, 0.29) is 11.3 Å². The van der Waals surface area contributed by atoms with Crippen molar-refractivity contribution in [3.63, 3.8) is 0 Å². The number of rotatable bonds is 5. The molecule has 4 nitrogen and oxygen atoms in total. The molecule has 1 aliphatic rings. The molecule has 1 fully saturated rings. The Morgan fingerprint density at radius 3 is 2.25 bits per heavy atom. The lowest BCUT2D eigenvalue weighted by atomic mass is 9.80. The molecule has 0 atom stereocenters. The van der Waals surface area contributed by atoms with Crippen LogP contribution in [0, 0.1) is 5.92 Å². The van der Waals surface area contributed by atoms with E-state index in [1.54, 1.807) is 12.1 Å². The van der Waals surface area contributed by atoms with Crippen LogP contribution in [-0.4, -0.2) is 32.8 Å². The van der Waals surface area contributed by atoms with Crippen LogP contribution in [0.15, 0.2) is 29.2 Å². The summed E-state index contributed by atoms with van der Waals surface area (Å²) >= 11 is 0. The Morgan fingerprint density at radius 2 is 1.80 bits per heavy atom. The molecule has 0 saturated carbocycles. The quantitative estimate of drug-likeness (QED) is 0.903. The molecule has 0 amide bonds. The highest BCUT2D eigenvalue weighted by atomic mass is 32.2. The molecular formula is C15H24N2O2S. The van der Waals surface area contributed by atoms with E-state index in [1.165, 1.54) is 0 Å². The highest BCUT2D eigenvalue weighted by molar-refractivity contribution is 7.91. The first-order valence-corrected chi connectivity index (χ1v) is 8.80. The molecule has 1 saturated heterocycles. The van der Waals surface area contributed by atoms with Gasteiger partial charge < -0.3 is 10.6 Å². The summed E-state index contributed by atoms with van der Waals surface area (Å²) in [6, 6.07) is 7.16. The van der Waals surface area contributed by atoms with Crippen molar-refractivity contribution in [1.82, 2.24) is 0 Å². The summed E-state index contributed by atoms with van der Waals surface area (Å²) in [5.41, 5.74) is 7.20. The molecule has 1 heterocycles. The molecule has 1 aliphatic heterocycles. The fraction of sp³-hybridized carbons (Fsp3) is 0.600. The Kier molecular flexibility index (Phi) is 4.12. The number of nitrogens with two attached hydrogens (primary N) is 1. The van der Waals surface area contributed by atoms with Gasteiger partial charge in [0.2, 0.25) is 0 Å². The Morgan fingerprint density at radius 1 is 1.25 bits per heavy atom. The summed E-state index contributed by atoms with van der Waals surface area (Å²) < 4.78 is 23.9. The Bertz CT molecular complexity index is 558. The number of sulfone groups is 1. The standard InChI is InChI=1S/C15H24N2O2S/c1-4-9-20(18,19)14-7-5-13(6-8-14)17-10-15(16,11-17)12(2)3/h5-8,12H,4,9-11,16H2,1-3H3. The van der Waals surface area contributed by atoms with E-state index < -0.39 is 9.84 Å². The van der Waals surface area contributed by atoms with Crippen LogP contribution in [0.25, 0.3) is 0 Å². The van der Waals surface area contributed by atoms with Gasteiger partial charge in [0.15, 0.2) is 9.84 Å². The van der Waals surface area contributed by atoms with E-state index in [2.05, 4.69) is 18.7 Å². The largest absolute Gasteiger partial charge is 0.368 e. The van der Waals surface area contributed by atoms with E-state index in [0.717, 1.165) is 18.8 Å². The predicted molar refractivity (Wildman–Crippen MR) is 82.8 cm³/mol. The lowest BCUT2D eigenvalue weighted by molar-refractivity contribution is 0.245. The molecule has 0 bridgehead atoms. The van der Waals surface area contributed by atoms with E-state index >= 15 is 0 Å². The van der Waals surface area contributed by atoms with Crippen LogP contribution < -0.4 is 10.6 Å². The molecule has 0 radical (unpaired) electrons. The van der Waals surface area contributed by atoms with Crippen molar-refractivity contribution in [2.24, 2.45) is 11.7 Å². The summed E-state index contributed by atoms with van der Waals surface area (Å²) in [4.78, 5) is 2.60. The molecule has 5 heteroatoms. The molecule has 0 aliphatic carbocycles.